The summed E-state index contributed by atoms with van der Waals surface area (Å²) in [6.07, 6.45) is 1.96. The van der Waals surface area contributed by atoms with Crippen LogP contribution >= 0.6 is 11.6 Å². The monoisotopic (exact) mass is 659 g/mol. The second-order valence-corrected chi connectivity index (χ2v) is 13.8. The van der Waals surface area contributed by atoms with Crippen LogP contribution in [0.25, 0.3) is 0 Å². The number of halogens is 1. The molecule has 0 bridgehead atoms. The fourth-order valence-electron chi connectivity index (χ4n) is 5.13. The van der Waals surface area contributed by atoms with Crippen molar-refractivity contribution in [1.29, 1.82) is 0 Å². The lowest BCUT2D eigenvalue weighted by Crippen LogP contribution is -2.53. The van der Waals surface area contributed by atoms with E-state index in [-0.39, 0.29) is 29.5 Å². The average molecular weight is 660 g/mol. The molecule has 46 heavy (non-hydrogen) atoms. The number of anilines is 1. The number of carbonyl (C=O) groups is 2. The number of hydrogen-bond donors (Lipinski definition) is 1. The van der Waals surface area contributed by atoms with Crippen LogP contribution < -0.4 is 9.62 Å². The second kappa shape index (κ2) is 15.9. The van der Waals surface area contributed by atoms with Gasteiger partial charge in [0.15, 0.2) is 0 Å². The van der Waals surface area contributed by atoms with Gasteiger partial charge in [0.25, 0.3) is 10.0 Å². The first-order valence-corrected chi connectivity index (χ1v) is 17.3. The van der Waals surface area contributed by atoms with Gasteiger partial charge in [-0.1, -0.05) is 103 Å². The minimum atomic E-state index is -4.21. The van der Waals surface area contributed by atoms with Gasteiger partial charge in [0.1, 0.15) is 12.6 Å². The van der Waals surface area contributed by atoms with Gasteiger partial charge in [-0.3, -0.25) is 13.9 Å². The highest BCUT2D eigenvalue weighted by Gasteiger charge is 2.35. The Morgan fingerprint density at radius 1 is 0.848 bits per heavy atom. The summed E-state index contributed by atoms with van der Waals surface area (Å²) in [6, 6.07) is 27.7. The summed E-state index contributed by atoms with van der Waals surface area (Å²) in [5, 5.41) is 3.40. The van der Waals surface area contributed by atoms with Crippen LogP contribution in [0.2, 0.25) is 5.02 Å². The van der Waals surface area contributed by atoms with Crippen LogP contribution in [0, 0.1) is 20.8 Å². The van der Waals surface area contributed by atoms with Crippen molar-refractivity contribution in [2.24, 2.45) is 0 Å². The molecule has 0 saturated carbocycles. The third-order valence-corrected chi connectivity index (χ3v) is 10.2. The number of sulfonamides is 1. The van der Waals surface area contributed by atoms with Crippen molar-refractivity contribution in [3.05, 3.63) is 130 Å². The standard InChI is InChI=1S/C37H42ClN3O4S/c1-5-6-22-39-37(43)35(23-30-13-8-7-9-14-30)40(25-31-15-11-10-12-28(31)3)36(42)26-41(32-19-18-29(4)34(38)24-32)46(44,45)33-20-16-27(2)17-21-33/h7-21,24,35H,5-6,22-23,25-26H2,1-4H3,(H,39,43)/t35-/m0/s1. The Morgan fingerprint density at radius 3 is 2.17 bits per heavy atom. The van der Waals surface area contributed by atoms with E-state index >= 15 is 0 Å². The largest absolute Gasteiger partial charge is 0.354 e. The van der Waals surface area contributed by atoms with Crippen LogP contribution in [0.5, 0.6) is 0 Å². The van der Waals surface area contributed by atoms with Crippen molar-refractivity contribution in [3.63, 3.8) is 0 Å². The number of aryl methyl sites for hydroxylation is 3. The molecule has 4 rings (SSSR count). The Kier molecular flexibility index (Phi) is 12.0. The lowest BCUT2D eigenvalue weighted by Gasteiger charge is -2.34. The van der Waals surface area contributed by atoms with Gasteiger partial charge in [-0.15, -0.1) is 0 Å². The number of unbranched alkanes of at least 4 members (excludes halogenated alkanes) is 1. The van der Waals surface area contributed by atoms with Crippen LogP contribution in [-0.4, -0.2) is 44.3 Å². The highest BCUT2D eigenvalue weighted by atomic mass is 35.5. The van der Waals surface area contributed by atoms with E-state index < -0.39 is 28.5 Å². The highest BCUT2D eigenvalue weighted by molar-refractivity contribution is 7.92. The summed E-state index contributed by atoms with van der Waals surface area (Å²) in [6.45, 7) is 7.76. The van der Waals surface area contributed by atoms with E-state index in [2.05, 4.69) is 5.32 Å². The Balaban J connectivity index is 1.81. The van der Waals surface area contributed by atoms with E-state index in [0.29, 0.717) is 11.6 Å². The number of rotatable bonds is 14. The number of nitrogens with zero attached hydrogens (tertiary/aromatic N) is 2. The Labute approximate surface area is 278 Å². The molecule has 4 aromatic rings. The van der Waals surface area contributed by atoms with Crippen LogP contribution in [0.3, 0.4) is 0 Å². The smallest absolute Gasteiger partial charge is 0.264 e. The van der Waals surface area contributed by atoms with Crippen molar-refractivity contribution in [3.8, 4) is 0 Å². The quantitative estimate of drug-likeness (QED) is 0.148. The van der Waals surface area contributed by atoms with Crippen molar-refractivity contribution in [1.82, 2.24) is 10.2 Å². The fourth-order valence-corrected chi connectivity index (χ4v) is 6.72. The summed E-state index contributed by atoms with van der Waals surface area (Å²) in [5.74, 6) is -0.798. The molecular formula is C37H42ClN3O4S. The predicted molar refractivity (Wildman–Crippen MR) is 185 cm³/mol. The maximum absolute atomic E-state index is 14.6. The summed E-state index contributed by atoms with van der Waals surface area (Å²) in [4.78, 5) is 30.0. The highest BCUT2D eigenvalue weighted by Crippen LogP contribution is 2.29. The third-order valence-electron chi connectivity index (χ3n) is 8.03. The first-order valence-electron chi connectivity index (χ1n) is 15.5. The van der Waals surface area contributed by atoms with Crippen LogP contribution in [0.15, 0.2) is 102 Å². The van der Waals surface area contributed by atoms with Gasteiger partial charge in [-0.05, 0) is 73.7 Å². The predicted octanol–water partition coefficient (Wildman–Crippen LogP) is 7.02. The van der Waals surface area contributed by atoms with Crippen molar-refractivity contribution in [2.75, 3.05) is 17.4 Å². The summed E-state index contributed by atoms with van der Waals surface area (Å²) in [7, 11) is -4.21. The molecule has 9 heteroatoms. The zero-order valence-corrected chi connectivity index (χ0v) is 28.4. The molecule has 0 saturated heterocycles. The van der Waals surface area contributed by atoms with Gasteiger partial charge >= 0.3 is 0 Å². The minimum absolute atomic E-state index is 0.0474. The zero-order valence-electron chi connectivity index (χ0n) is 26.9. The molecule has 4 aromatic carbocycles. The average Bonchev–Trinajstić information content (AvgIpc) is 3.04. The maximum atomic E-state index is 14.6. The topological polar surface area (TPSA) is 86.8 Å². The van der Waals surface area contributed by atoms with E-state index in [1.165, 1.54) is 17.0 Å². The molecule has 0 aliphatic carbocycles. The molecule has 0 unspecified atom stereocenters. The molecule has 2 amide bonds. The molecule has 1 atom stereocenters. The molecule has 0 aliphatic rings. The van der Waals surface area contributed by atoms with Crippen molar-refractivity contribution >= 4 is 39.1 Å². The van der Waals surface area contributed by atoms with Gasteiger partial charge in [0.05, 0.1) is 10.6 Å². The summed E-state index contributed by atoms with van der Waals surface area (Å²) in [5.41, 5.74) is 4.64. The SMILES string of the molecule is CCCCNC(=O)[C@H](Cc1ccccc1)N(Cc1ccccc1C)C(=O)CN(c1ccc(C)c(Cl)c1)S(=O)(=O)c1ccc(C)cc1. The Hall–Kier alpha value is -4.14. The lowest BCUT2D eigenvalue weighted by atomic mass is 10.0. The zero-order chi connectivity index (χ0) is 33.3. The van der Waals surface area contributed by atoms with Gasteiger partial charge in [-0.25, -0.2) is 8.42 Å². The molecule has 0 radical (unpaired) electrons. The van der Waals surface area contributed by atoms with Crippen molar-refractivity contribution in [2.45, 2.75) is 64.4 Å². The second-order valence-electron chi connectivity index (χ2n) is 11.6. The first-order chi connectivity index (χ1) is 22.0. The Bertz CT molecular complexity index is 1740. The molecule has 0 aromatic heterocycles. The molecule has 0 fully saturated rings. The summed E-state index contributed by atoms with van der Waals surface area (Å²) >= 11 is 6.47. The van der Waals surface area contributed by atoms with E-state index in [9.17, 15) is 18.0 Å². The van der Waals surface area contributed by atoms with Crippen LogP contribution in [-0.2, 0) is 32.6 Å². The molecule has 0 spiro atoms. The minimum Gasteiger partial charge on any atom is -0.354 e. The van der Waals surface area contributed by atoms with Crippen LogP contribution in [0.4, 0.5) is 5.69 Å². The van der Waals surface area contributed by atoms with E-state index in [1.54, 1.807) is 30.3 Å². The normalized spacial score (nSPS) is 11.9. The van der Waals surface area contributed by atoms with Gasteiger partial charge < -0.3 is 10.2 Å². The molecule has 0 aliphatic heterocycles. The number of amides is 2. The van der Waals surface area contributed by atoms with Gasteiger partial charge in [-0.2, -0.15) is 0 Å². The third kappa shape index (κ3) is 8.77. The lowest BCUT2D eigenvalue weighted by molar-refractivity contribution is -0.140. The number of hydrogen-bond acceptors (Lipinski definition) is 4. The van der Waals surface area contributed by atoms with Crippen LogP contribution in [0.1, 0.15) is 47.6 Å². The molecule has 0 heterocycles. The van der Waals surface area contributed by atoms with E-state index in [0.717, 1.165) is 45.0 Å². The summed E-state index contributed by atoms with van der Waals surface area (Å²) < 4.78 is 29.5. The Morgan fingerprint density at radius 2 is 1.52 bits per heavy atom. The molecular weight excluding hydrogens is 618 g/mol. The van der Waals surface area contributed by atoms with E-state index in [4.69, 9.17) is 11.6 Å². The van der Waals surface area contributed by atoms with Gasteiger partial charge in [0, 0.05) is 24.5 Å². The molecule has 1 N–H and O–H groups in total. The number of benzene rings is 4. The van der Waals surface area contributed by atoms with Crippen molar-refractivity contribution < 1.29 is 18.0 Å². The molecule has 7 nitrogen and oxygen atoms in total. The number of carbonyl (C=O) groups excluding carboxylic acids is 2. The first kappa shape index (κ1) is 34.7. The van der Waals surface area contributed by atoms with Gasteiger partial charge in [0.2, 0.25) is 11.8 Å². The molecule has 242 valence electrons. The van der Waals surface area contributed by atoms with E-state index in [1.807, 2.05) is 82.3 Å². The fraction of sp³-hybridized carbons (Fsp3) is 0.297. The maximum Gasteiger partial charge on any atom is 0.264 e. The number of nitrogens with one attached hydrogen (secondary N) is 1.